The molecule has 0 aromatic carbocycles. The summed E-state index contributed by atoms with van der Waals surface area (Å²) in [5.74, 6) is -1.01. The van der Waals surface area contributed by atoms with Gasteiger partial charge in [-0.05, 0) is 23.7 Å². The number of hydrogen-bond acceptors (Lipinski definition) is 7. The third-order valence-electron chi connectivity index (χ3n) is 2.54. The molecule has 0 aliphatic heterocycles. The molecule has 9 heteroatoms. The van der Waals surface area contributed by atoms with Gasteiger partial charge in [-0.15, -0.1) is 10.2 Å². The van der Waals surface area contributed by atoms with Crippen LogP contribution in [0.3, 0.4) is 0 Å². The summed E-state index contributed by atoms with van der Waals surface area (Å²) in [6.07, 6.45) is 4.71. The van der Waals surface area contributed by atoms with Crippen LogP contribution in [0.4, 0.5) is 0 Å². The van der Waals surface area contributed by atoms with Gasteiger partial charge < -0.3 is 5.11 Å². The van der Waals surface area contributed by atoms with E-state index in [1.807, 2.05) is 0 Å². The minimum Gasteiger partial charge on any atom is -0.478 e. The highest BCUT2D eigenvalue weighted by Gasteiger charge is 2.08. The molecule has 20 heavy (non-hydrogen) atoms. The standard InChI is InChI=1S/C11H8N6O2S/c18-11(19)7-1-2-9(12-3-7)10-6-17(15-14-10)5-8-4-13-16-20-8/h1-4,6H,5H2,(H,18,19). The number of carboxylic acid groups (broad SMARTS) is 1. The van der Waals surface area contributed by atoms with Crippen molar-refractivity contribution in [3.8, 4) is 11.4 Å². The highest BCUT2D eigenvalue weighted by Crippen LogP contribution is 2.14. The molecular weight excluding hydrogens is 280 g/mol. The van der Waals surface area contributed by atoms with E-state index in [0.717, 1.165) is 4.88 Å². The molecule has 0 aliphatic rings. The van der Waals surface area contributed by atoms with Crippen LogP contribution in [0.2, 0.25) is 0 Å². The first kappa shape index (κ1) is 12.4. The zero-order chi connectivity index (χ0) is 13.9. The molecular formula is C11H8N6O2S. The minimum absolute atomic E-state index is 0.136. The van der Waals surface area contributed by atoms with Crippen molar-refractivity contribution in [2.45, 2.75) is 6.54 Å². The summed E-state index contributed by atoms with van der Waals surface area (Å²) in [5.41, 5.74) is 1.29. The van der Waals surface area contributed by atoms with Crippen molar-refractivity contribution in [1.29, 1.82) is 0 Å². The van der Waals surface area contributed by atoms with Crippen molar-refractivity contribution in [2.24, 2.45) is 0 Å². The van der Waals surface area contributed by atoms with E-state index < -0.39 is 5.97 Å². The van der Waals surface area contributed by atoms with E-state index in [2.05, 4.69) is 24.9 Å². The predicted molar refractivity (Wildman–Crippen MR) is 69.2 cm³/mol. The Morgan fingerprint density at radius 2 is 2.20 bits per heavy atom. The molecule has 0 saturated heterocycles. The second kappa shape index (κ2) is 5.13. The monoisotopic (exact) mass is 288 g/mol. The number of nitrogens with zero attached hydrogens (tertiary/aromatic N) is 6. The van der Waals surface area contributed by atoms with Crippen LogP contribution in [-0.2, 0) is 6.54 Å². The second-order valence-electron chi connectivity index (χ2n) is 3.92. The second-order valence-corrected chi connectivity index (χ2v) is 4.79. The Kier molecular flexibility index (Phi) is 3.17. The van der Waals surface area contributed by atoms with Crippen LogP contribution >= 0.6 is 11.5 Å². The third-order valence-corrected chi connectivity index (χ3v) is 3.18. The van der Waals surface area contributed by atoms with Crippen LogP contribution < -0.4 is 0 Å². The van der Waals surface area contributed by atoms with Gasteiger partial charge in [0.05, 0.1) is 35.1 Å². The molecule has 0 aliphatic carbocycles. The SMILES string of the molecule is O=C(O)c1ccc(-c2cn(Cc3cnns3)nn2)nc1. The molecule has 3 rings (SSSR count). The zero-order valence-corrected chi connectivity index (χ0v) is 10.9. The van der Waals surface area contributed by atoms with Gasteiger partial charge in [-0.2, -0.15) is 0 Å². The molecule has 0 bridgehead atoms. The van der Waals surface area contributed by atoms with Gasteiger partial charge in [-0.3, -0.25) is 4.98 Å². The van der Waals surface area contributed by atoms with Gasteiger partial charge in [0.1, 0.15) is 5.69 Å². The Bertz CT molecular complexity index is 722. The van der Waals surface area contributed by atoms with Crippen LogP contribution in [-0.4, -0.2) is 40.6 Å². The van der Waals surface area contributed by atoms with Crippen LogP contribution in [0.15, 0.2) is 30.7 Å². The summed E-state index contributed by atoms with van der Waals surface area (Å²) in [6, 6.07) is 3.09. The zero-order valence-electron chi connectivity index (χ0n) is 10.0. The number of rotatable bonds is 4. The molecule has 3 aromatic heterocycles. The van der Waals surface area contributed by atoms with Crippen LogP contribution in [0.1, 0.15) is 15.2 Å². The van der Waals surface area contributed by atoms with Crippen LogP contribution in [0.5, 0.6) is 0 Å². The van der Waals surface area contributed by atoms with E-state index in [4.69, 9.17) is 5.11 Å². The maximum Gasteiger partial charge on any atom is 0.337 e. The van der Waals surface area contributed by atoms with Gasteiger partial charge in [-0.25, -0.2) is 9.48 Å². The first-order chi connectivity index (χ1) is 9.72. The van der Waals surface area contributed by atoms with Crippen LogP contribution in [0, 0.1) is 0 Å². The number of carboxylic acids is 1. The Morgan fingerprint density at radius 3 is 2.85 bits per heavy atom. The first-order valence-electron chi connectivity index (χ1n) is 5.58. The number of hydrogen-bond donors (Lipinski definition) is 1. The Hall–Kier alpha value is -2.68. The molecule has 0 fully saturated rings. The largest absolute Gasteiger partial charge is 0.478 e. The van der Waals surface area contributed by atoms with Gasteiger partial charge >= 0.3 is 5.97 Å². The highest BCUT2D eigenvalue weighted by atomic mass is 32.1. The summed E-state index contributed by atoms with van der Waals surface area (Å²) in [5, 5.41) is 20.6. The maximum absolute atomic E-state index is 10.7. The fraction of sp³-hybridized carbons (Fsp3) is 0.0909. The number of carbonyl (C=O) groups is 1. The number of aromatic nitrogens is 6. The summed E-state index contributed by atoms with van der Waals surface area (Å²) >= 11 is 1.30. The topological polar surface area (TPSA) is 107 Å². The van der Waals surface area contributed by atoms with E-state index in [1.165, 1.54) is 23.8 Å². The molecule has 0 unspecified atom stereocenters. The fourth-order valence-corrected chi connectivity index (χ4v) is 2.07. The van der Waals surface area contributed by atoms with E-state index >= 15 is 0 Å². The van der Waals surface area contributed by atoms with Crippen LogP contribution in [0.25, 0.3) is 11.4 Å². The Labute approximate surface area is 116 Å². The quantitative estimate of drug-likeness (QED) is 0.761. The lowest BCUT2D eigenvalue weighted by atomic mass is 10.2. The van der Waals surface area contributed by atoms with Crippen molar-refractivity contribution in [3.63, 3.8) is 0 Å². The fourth-order valence-electron chi connectivity index (χ4n) is 1.58. The molecule has 0 atom stereocenters. The van der Waals surface area contributed by atoms with Gasteiger partial charge in [0.2, 0.25) is 0 Å². The maximum atomic E-state index is 10.7. The van der Waals surface area contributed by atoms with E-state index in [9.17, 15) is 4.79 Å². The van der Waals surface area contributed by atoms with E-state index in [-0.39, 0.29) is 5.56 Å². The van der Waals surface area contributed by atoms with Gasteiger partial charge in [0.15, 0.2) is 0 Å². The summed E-state index contributed by atoms with van der Waals surface area (Å²) in [6.45, 7) is 0.540. The molecule has 0 radical (unpaired) electrons. The molecule has 0 spiro atoms. The molecule has 3 aromatic rings. The molecule has 0 amide bonds. The average molecular weight is 288 g/mol. The highest BCUT2D eigenvalue weighted by molar-refractivity contribution is 7.05. The lowest BCUT2D eigenvalue weighted by Crippen LogP contribution is -1.98. The third kappa shape index (κ3) is 2.52. The van der Waals surface area contributed by atoms with Crippen molar-refractivity contribution < 1.29 is 9.90 Å². The van der Waals surface area contributed by atoms with Crippen molar-refractivity contribution in [1.82, 2.24) is 29.6 Å². The lowest BCUT2D eigenvalue weighted by Gasteiger charge is -1.96. The van der Waals surface area contributed by atoms with Crippen molar-refractivity contribution in [2.75, 3.05) is 0 Å². The minimum atomic E-state index is -1.01. The van der Waals surface area contributed by atoms with Crippen molar-refractivity contribution in [3.05, 3.63) is 41.2 Å². The normalized spacial score (nSPS) is 10.6. The molecule has 0 saturated carbocycles. The Morgan fingerprint density at radius 1 is 1.30 bits per heavy atom. The van der Waals surface area contributed by atoms with E-state index in [1.54, 1.807) is 23.1 Å². The number of pyridine rings is 1. The smallest absolute Gasteiger partial charge is 0.337 e. The van der Waals surface area contributed by atoms with Gasteiger partial charge in [0.25, 0.3) is 0 Å². The van der Waals surface area contributed by atoms with Gasteiger partial charge in [-0.1, -0.05) is 9.70 Å². The summed E-state index contributed by atoms with van der Waals surface area (Å²) < 4.78 is 5.42. The molecule has 3 heterocycles. The molecule has 1 N–H and O–H groups in total. The van der Waals surface area contributed by atoms with Crippen molar-refractivity contribution >= 4 is 17.5 Å². The lowest BCUT2D eigenvalue weighted by molar-refractivity contribution is 0.0696. The first-order valence-corrected chi connectivity index (χ1v) is 6.36. The predicted octanol–water partition coefficient (Wildman–Crippen LogP) is 0.938. The molecule has 8 nitrogen and oxygen atoms in total. The summed E-state index contributed by atoms with van der Waals surface area (Å²) in [4.78, 5) is 15.8. The molecule has 100 valence electrons. The average Bonchev–Trinajstić information content (AvgIpc) is 3.11. The van der Waals surface area contributed by atoms with E-state index in [0.29, 0.717) is 17.9 Å². The summed E-state index contributed by atoms with van der Waals surface area (Å²) in [7, 11) is 0. The van der Waals surface area contributed by atoms with Gasteiger partial charge in [0, 0.05) is 6.20 Å². The number of aromatic carboxylic acids is 1. The Balaban J connectivity index is 1.80.